The van der Waals surface area contributed by atoms with E-state index in [1.807, 2.05) is 30.0 Å². The Kier molecular flexibility index (Phi) is 4.53. The number of ether oxygens (including phenoxy) is 2. The number of carbonyl (C=O) groups excluding carboxylic acids is 1. The third-order valence-corrected chi connectivity index (χ3v) is 6.45. The molecule has 3 rings (SSSR count). The highest BCUT2D eigenvalue weighted by atomic mass is 32.2. The Morgan fingerprint density at radius 3 is 2.61 bits per heavy atom. The average molecular weight is 330 g/mol. The van der Waals surface area contributed by atoms with Gasteiger partial charge in [-0.25, -0.2) is 4.79 Å². The van der Waals surface area contributed by atoms with Gasteiger partial charge in [0, 0.05) is 15.6 Å². The quantitative estimate of drug-likeness (QED) is 0.767. The first-order valence-electron chi connectivity index (χ1n) is 7.88. The molecule has 1 unspecified atom stereocenters. The number of methoxy groups -OCH3 is 2. The third kappa shape index (κ3) is 2.92. The van der Waals surface area contributed by atoms with E-state index < -0.39 is 0 Å². The van der Waals surface area contributed by atoms with E-state index in [2.05, 4.69) is 25.1 Å². The molecule has 0 saturated heterocycles. The number of carbonyl (C=O) groups is 1. The summed E-state index contributed by atoms with van der Waals surface area (Å²) in [5, 5.41) is 0.429. The van der Waals surface area contributed by atoms with Crippen molar-refractivity contribution in [1.29, 1.82) is 0 Å². The van der Waals surface area contributed by atoms with Gasteiger partial charge in [-0.05, 0) is 49.1 Å². The number of allylic oxidation sites excluding steroid dienone is 2. The van der Waals surface area contributed by atoms with E-state index in [0.717, 1.165) is 30.6 Å². The normalized spacial score (nSPS) is 26.1. The molecule has 0 heterocycles. The van der Waals surface area contributed by atoms with Crippen molar-refractivity contribution < 1.29 is 14.3 Å². The van der Waals surface area contributed by atoms with Crippen LogP contribution in [0.1, 0.15) is 26.2 Å². The molecule has 122 valence electrons. The molecule has 0 aliphatic heterocycles. The van der Waals surface area contributed by atoms with Gasteiger partial charge >= 0.3 is 5.97 Å². The molecule has 0 bridgehead atoms. The van der Waals surface area contributed by atoms with Gasteiger partial charge in [0.1, 0.15) is 5.75 Å². The van der Waals surface area contributed by atoms with Crippen molar-refractivity contribution in [3.8, 4) is 5.75 Å². The Hall–Kier alpha value is -1.68. The number of hydrogen-bond acceptors (Lipinski definition) is 4. The van der Waals surface area contributed by atoms with Crippen LogP contribution in [0.4, 0.5) is 0 Å². The summed E-state index contributed by atoms with van der Waals surface area (Å²) in [4.78, 5) is 13.3. The van der Waals surface area contributed by atoms with Crippen molar-refractivity contribution >= 4 is 17.7 Å². The zero-order valence-electron chi connectivity index (χ0n) is 13.8. The highest BCUT2D eigenvalue weighted by Gasteiger charge is 2.45. The molecule has 2 aliphatic rings. The van der Waals surface area contributed by atoms with Gasteiger partial charge in [-0.1, -0.05) is 19.1 Å². The number of benzene rings is 1. The molecule has 1 aromatic carbocycles. The summed E-state index contributed by atoms with van der Waals surface area (Å²) in [6, 6.07) is 8.19. The van der Waals surface area contributed by atoms with Crippen LogP contribution in [0.3, 0.4) is 0 Å². The second kappa shape index (κ2) is 6.44. The van der Waals surface area contributed by atoms with E-state index >= 15 is 0 Å². The summed E-state index contributed by atoms with van der Waals surface area (Å²) in [6.45, 7) is 2.28. The largest absolute Gasteiger partial charge is 0.497 e. The maximum absolute atomic E-state index is 12.0. The number of hydrogen-bond donors (Lipinski definition) is 0. The molecule has 1 aromatic rings. The first kappa shape index (κ1) is 16.2. The fourth-order valence-corrected chi connectivity index (χ4v) is 4.85. The molecular weight excluding hydrogens is 308 g/mol. The number of rotatable bonds is 4. The van der Waals surface area contributed by atoms with E-state index in [1.54, 1.807) is 7.11 Å². The van der Waals surface area contributed by atoms with Gasteiger partial charge in [0.25, 0.3) is 0 Å². The SMILES string of the molecule is COC(=O)C1=CCC(Sc2ccc(OC)cc2)[C@]2(C)CCC=C12. The highest BCUT2D eigenvalue weighted by Crippen LogP contribution is 2.54. The Balaban J connectivity index is 1.85. The summed E-state index contributed by atoms with van der Waals surface area (Å²) in [5.41, 5.74) is 1.96. The average Bonchev–Trinajstić information content (AvgIpc) is 2.98. The Morgan fingerprint density at radius 2 is 1.96 bits per heavy atom. The lowest BCUT2D eigenvalue weighted by Gasteiger charge is -2.39. The summed E-state index contributed by atoms with van der Waals surface area (Å²) >= 11 is 1.89. The van der Waals surface area contributed by atoms with Gasteiger partial charge in [0.15, 0.2) is 0 Å². The van der Waals surface area contributed by atoms with Crippen LogP contribution in [0.15, 0.2) is 52.5 Å². The fourth-order valence-electron chi connectivity index (χ4n) is 3.53. The first-order valence-corrected chi connectivity index (χ1v) is 8.76. The minimum atomic E-state index is -0.211. The lowest BCUT2D eigenvalue weighted by Crippen LogP contribution is -2.34. The van der Waals surface area contributed by atoms with Crippen molar-refractivity contribution in [3.63, 3.8) is 0 Å². The lowest BCUT2D eigenvalue weighted by molar-refractivity contribution is -0.136. The molecule has 2 aliphatic carbocycles. The predicted molar refractivity (Wildman–Crippen MR) is 92.8 cm³/mol. The van der Waals surface area contributed by atoms with E-state index in [-0.39, 0.29) is 11.4 Å². The Morgan fingerprint density at radius 1 is 1.22 bits per heavy atom. The maximum atomic E-state index is 12.0. The van der Waals surface area contributed by atoms with Crippen molar-refractivity contribution in [1.82, 2.24) is 0 Å². The molecule has 0 saturated carbocycles. The second-order valence-electron chi connectivity index (χ2n) is 6.20. The van der Waals surface area contributed by atoms with Crippen LogP contribution < -0.4 is 4.74 Å². The van der Waals surface area contributed by atoms with Crippen molar-refractivity contribution in [2.75, 3.05) is 14.2 Å². The van der Waals surface area contributed by atoms with Crippen LogP contribution in [0, 0.1) is 5.41 Å². The van der Waals surface area contributed by atoms with Crippen molar-refractivity contribution in [2.24, 2.45) is 5.41 Å². The standard InChI is InChI=1S/C19H22O3S/c1-19-12-4-5-16(19)15(18(20)22-3)10-11-17(19)23-14-8-6-13(21-2)7-9-14/h5-10,17H,4,11-12H2,1-3H3/t17?,19-/m1/s1. The Labute approximate surface area is 141 Å². The second-order valence-corrected chi connectivity index (χ2v) is 7.48. The van der Waals surface area contributed by atoms with Crippen LogP contribution in [-0.4, -0.2) is 25.4 Å². The summed E-state index contributed by atoms with van der Waals surface area (Å²) in [5.74, 6) is 0.663. The van der Waals surface area contributed by atoms with Gasteiger partial charge in [0.05, 0.1) is 19.8 Å². The smallest absolute Gasteiger partial charge is 0.337 e. The molecule has 0 amide bonds. The molecule has 2 atom stereocenters. The monoisotopic (exact) mass is 330 g/mol. The van der Waals surface area contributed by atoms with Crippen LogP contribution in [0.25, 0.3) is 0 Å². The Bertz CT molecular complexity index is 660. The molecule has 23 heavy (non-hydrogen) atoms. The van der Waals surface area contributed by atoms with Crippen molar-refractivity contribution in [2.45, 2.75) is 36.3 Å². The fraction of sp³-hybridized carbons (Fsp3) is 0.421. The van der Waals surface area contributed by atoms with Crippen LogP contribution in [0.5, 0.6) is 5.75 Å². The topological polar surface area (TPSA) is 35.5 Å². The molecule has 4 heteroatoms. The first-order chi connectivity index (χ1) is 11.1. The molecule has 0 fully saturated rings. The number of thioether (sulfide) groups is 1. The van der Waals surface area contributed by atoms with Gasteiger partial charge in [-0.3, -0.25) is 0 Å². The molecule has 0 aromatic heterocycles. The predicted octanol–water partition coefficient (Wildman–Crippen LogP) is 4.39. The summed E-state index contributed by atoms with van der Waals surface area (Å²) < 4.78 is 10.2. The van der Waals surface area contributed by atoms with E-state index in [1.165, 1.54) is 17.6 Å². The maximum Gasteiger partial charge on any atom is 0.337 e. The van der Waals surface area contributed by atoms with E-state index in [4.69, 9.17) is 9.47 Å². The van der Waals surface area contributed by atoms with Crippen molar-refractivity contribution in [3.05, 3.63) is 47.6 Å². The number of esters is 1. The van der Waals surface area contributed by atoms with Gasteiger partial charge < -0.3 is 9.47 Å². The van der Waals surface area contributed by atoms with E-state index in [0.29, 0.717) is 5.25 Å². The van der Waals surface area contributed by atoms with Gasteiger partial charge in [0.2, 0.25) is 0 Å². The molecule has 0 radical (unpaired) electrons. The molecule has 0 spiro atoms. The minimum absolute atomic E-state index is 0.0306. The zero-order chi connectivity index (χ0) is 16.4. The lowest BCUT2D eigenvalue weighted by atomic mass is 9.72. The minimum Gasteiger partial charge on any atom is -0.497 e. The molecule has 3 nitrogen and oxygen atoms in total. The third-order valence-electron chi connectivity index (χ3n) is 4.91. The number of fused-ring (bicyclic) bond motifs is 1. The highest BCUT2D eigenvalue weighted by molar-refractivity contribution is 8.00. The van der Waals surface area contributed by atoms with Crippen LogP contribution in [0.2, 0.25) is 0 Å². The summed E-state index contributed by atoms with van der Waals surface area (Å²) in [7, 11) is 3.13. The van der Waals surface area contributed by atoms with E-state index in [9.17, 15) is 4.79 Å². The zero-order valence-corrected chi connectivity index (χ0v) is 14.6. The molecule has 0 N–H and O–H groups in total. The van der Waals surface area contributed by atoms with Gasteiger partial charge in [-0.15, -0.1) is 11.8 Å². The van der Waals surface area contributed by atoms with Gasteiger partial charge in [-0.2, -0.15) is 0 Å². The summed E-state index contributed by atoms with van der Waals surface area (Å²) in [6.07, 6.45) is 7.26. The van der Waals surface area contributed by atoms with Crippen LogP contribution in [-0.2, 0) is 9.53 Å². The molecular formula is C19H22O3S. The van der Waals surface area contributed by atoms with Crippen LogP contribution >= 0.6 is 11.8 Å².